The Labute approximate surface area is 182 Å². The number of aromatic hydroxyl groups is 1. The molecule has 0 radical (unpaired) electrons. The summed E-state index contributed by atoms with van der Waals surface area (Å²) in [6.07, 6.45) is 1.99. The first-order valence-electron chi connectivity index (χ1n) is 10.9. The van der Waals surface area contributed by atoms with Crippen LogP contribution in [0.3, 0.4) is 0 Å². The molecule has 3 atom stereocenters. The molecule has 3 N–H and O–H groups in total. The van der Waals surface area contributed by atoms with Crippen molar-refractivity contribution in [2.75, 3.05) is 0 Å². The van der Waals surface area contributed by atoms with Crippen molar-refractivity contribution in [3.8, 4) is 5.75 Å². The Bertz CT molecular complexity index is 1010. The van der Waals surface area contributed by atoms with Gasteiger partial charge in [-0.05, 0) is 59.1 Å². The minimum atomic E-state index is -1.13. The number of carbonyl (C=O) groups is 2. The third-order valence-corrected chi connectivity index (χ3v) is 6.48. The first kappa shape index (κ1) is 21.2. The summed E-state index contributed by atoms with van der Waals surface area (Å²) in [5.74, 6) is -0.169. The molecule has 2 aromatic carbocycles. The molecule has 0 saturated heterocycles. The number of hydrogen-bond acceptors (Lipinski definition) is 3. The van der Waals surface area contributed by atoms with Crippen LogP contribution >= 0.6 is 0 Å². The summed E-state index contributed by atoms with van der Waals surface area (Å²) < 4.78 is 0. The van der Waals surface area contributed by atoms with Crippen molar-refractivity contribution >= 4 is 12.0 Å². The van der Waals surface area contributed by atoms with Crippen LogP contribution in [-0.2, 0) is 17.6 Å². The molecule has 1 aliphatic carbocycles. The zero-order valence-electron chi connectivity index (χ0n) is 18.3. The second-order valence-corrected chi connectivity index (χ2v) is 9.71. The Morgan fingerprint density at radius 1 is 1.06 bits per heavy atom. The average molecular weight is 423 g/mol. The number of nitrogens with zero attached hydrogens (tertiary/aromatic N) is 1. The third-order valence-electron chi connectivity index (χ3n) is 6.48. The third kappa shape index (κ3) is 3.99. The Morgan fingerprint density at radius 3 is 2.52 bits per heavy atom. The van der Waals surface area contributed by atoms with Gasteiger partial charge in [0.1, 0.15) is 11.8 Å². The fourth-order valence-electron chi connectivity index (χ4n) is 5.18. The molecule has 164 valence electrons. The molecule has 0 spiro atoms. The summed E-state index contributed by atoms with van der Waals surface area (Å²) in [6.45, 7) is 5.87. The van der Waals surface area contributed by atoms with Crippen LogP contribution < -0.4 is 5.32 Å². The largest absolute Gasteiger partial charge is 0.508 e. The first-order valence-corrected chi connectivity index (χ1v) is 10.9. The molecular formula is C25H30N2O4. The molecule has 4 rings (SSSR count). The standard InChI is InChI=1S/C25H30N2O4/c1-25(2,3)22-19-14-17(28)12-11-16(19)13-21(27(22)24(30)31)23(29)26-20-10-6-8-15-7-4-5-9-18(15)20/h4-5,7,9,11-12,14,20-22,28H,6,8,10,13H2,1-3H3,(H,26,29)(H,30,31)/t20-,21?,22-/m1/s1. The van der Waals surface area contributed by atoms with Crippen LogP contribution in [0.25, 0.3) is 0 Å². The van der Waals surface area contributed by atoms with Crippen LogP contribution in [0.5, 0.6) is 5.75 Å². The lowest BCUT2D eigenvalue weighted by Gasteiger charge is -2.47. The highest BCUT2D eigenvalue weighted by molar-refractivity contribution is 5.87. The van der Waals surface area contributed by atoms with Crippen molar-refractivity contribution in [3.63, 3.8) is 0 Å². The maximum Gasteiger partial charge on any atom is 0.408 e. The van der Waals surface area contributed by atoms with E-state index in [2.05, 4.69) is 11.4 Å². The van der Waals surface area contributed by atoms with E-state index in [1.54, 1.807) is 18.2 Å². The maximum atomic E-state index is 13.5. The highest BCUT2D eigenvalue weighted by Gasteiger charge is 2.46. The summed E-state index contributed by atoms with van der Waals surface area (Å²) in [5.41, 5.74) is 3.57. The molecule has 0 bridgehead atoms. The van der Waals surface area contributed by atoms with E-state index in [4.69, 9.17) is 0 Å². The van der Waals surface area contributed by atoms with Crippen molar-refractivity contribution in [1.29, 1.82) is 0 Å². The molecule has 0 saturated carbocycles. The van der Waals surface area contributed by atoms with Crippen molar-refractivity contribution in [3.05, 3.63) is 64.7 Å². The minimum absolute atomic E-state index is 0.0973. The molecule has 2 aliphatic rings. The number of aryl methyl sites for hydroxylation is 1. The van der Waals surface area contributed by atoms with Gasteiger partial charge >= 0.3 is 6.09 Å². The number of benzene rings is 2. The smallest absolute Gasteiger partial charge is 0.408 e. The summed E-state index contributed by atoms with van der Waals surface area (Å²) >= 11 is 0. The van der Waals surface area contributed by atoms with E-state index in [-0.39, 0.29) is 24.1 Å². The molecule has 6 heteroatoms. The summed E-state index contributed by atoms with van der Waals surface area (Å²) in [5, 5.41) is 23.3. The molecular weight excluding hydrogens is 392 g/mol. The van der Waals surface area contributed by atoms with Gasteiger partial charge in [-0.3, -0.25) is 9.69 Å². The number of phenols is 1. The molecule has 1 unspecified atom stereocenters. The Kier molecular flexibility index (Phi) is 5.42. The van der Waals surface area contributed by atoms with E-state index in [9.17, 15) is 19.8 Å². The highest BCUT2D eigenvalue weighted by Crippen LogP contribution is 2.45. The van der Waals surface area contributed by atoms with Gasteiger partial charge in [-0.1, -0.05) is 51.1 Å². The fourth-order valence-corrected chi connectivity index (χ4v) is 5.18. The van der Waals surface area contributed by atoms with Gasteiger partial charge < -0.3 is 15.5 Å². The molecule has 2 amide bonds. The number of phenolic OH excluding ortho intramolecular Hbond substituents is 1. The number of fused-ring (bicyclic) bond motifs is 2. The van der Waals surface area contributed by atoms with E-state index in [1.165, 1.54) is 10.5 Å². The SMILES string of the molecule is CC(C)(C)[C@H]1c2cc(O)ccc2CC(C(=O)N[C@@H]2CCCc3ccccc32)N1C(=O)O. The number of carbonyl (C=O) groups excluding carboxylic acids is 1. The van der Waals surface area contributed by atoms with Crippen LogP contribution in [0.4, 0.5) is 4.79 Å². The van der Waals surface area contributed by atoms with Crippen molar-refractivity contribution in [1.82, 2.24) is 10.2 Å². The maximum absolute atomic E-state index is 13.5. The number of hydrogen-bond donors (Lipinski definition) is 3. The fraction of sp³-hybridized carbons (Fsp3) is 0.440. The van der Waals surface area contributed by atoms with Gasteiger partial charge in [-0.25, -0.2) is 4.79 Å². The van der Waals surface area contributed by atoms with Crippen LogP contribution in [0.15, 0.2) is 42.5 Å². The normalized spacial score (nSPS) is 22.9. The van der Waals surface area contributed by atoms with Gasteiger partial charge in [-0.2, -0.15) is 0 Å². The number of nitrogens with one attached hydrogen (secondary N) is 1. The molecule has 0 fully saturated rings. The van der Waals surface area contributed by atoms with Crippen LogP contribution in [0.1, 0.15) is 68.0 Å². The van der Waals surface area contributed by atoms with Crippen molar-refractivity contribution in [2.24, 2.45) is 5.41 Å². The quantitative estimate of drug-likeness (QED) is 0.661. The molecule has 2 aromatic rings. The van der Waals surface area contributed by atoms with Crippen LogP contribution in [0.2, 0.25) is 0 Å². The lowest BCUT2D eigenvalue weighted by molar-refractivity contribution is -0.129. The van der Waals surface area contributed by atoms with Gasteiger partial charge in [0, 0.05) is 6.42 Å². The summed E-state index contributed by atoms with van der Waals surface area (Å²) in [4.78, 5) is 27.2. The number of rotatable bonds is 2. The zero-order valence-corrected chi connectivity index (χ0v) is 18.3. The second-order valence-electron chi connectivity index (χ2n) is 9.71. The first-order chi connectivity index (χ1) is 14.7. The molecule has 0 aromatic heterocycles. The van der Waals surface area contributed by atoms with Gasteiger partial charge in [0.25, 0.3) is 0 Å². The van der Waals surface area contributed by atoms with Gasteiger partial charge in [0.2, 0.25) is 5.91 Å². The van der Waals surface area contributed by atoms with E-state index in [0.29, 0.717) is 0 Å². The van der Waals surface area contributed by atoms with Crippen molar-refractivity contribution in [2.45, 2.75) is 64.6 Å². The van der Waals surface area contributed by atoms with Gasteiger partial charge in [0.05, 0.1) is 12.1 Å². The lowest BCUT2D eigenvalue weighted by atomic mass is 9.75. The Balaban J connectivity index is 1.69. The average Bonchev–Trinajstić information content (AvgIpc) is 2.71. The van der Waals surface area contributed by atoms with E-state index in [0.717, 1.165) is 36.0 Å². The molecule has 1 heterocycles. The topological polar surface area (TPSA) is 89.9 Å². The zero-order chi connectivity index (χ0) is 22.3. The number of carboxylic acid groups (broad SMARTS) is 1. The summed E-state index contributed by atoms with van der Waals surface area (Å²) in [6, 6.07) is 11.7. The Hall–Kier alpha value is -3.02. The molecule has 31 heavy (non-hydrogen) atoms. The Morgan fingerprint density at radius 2 is 1.81 bits per heavy atom. The van der Waals surface area contributed by atoms with Crippen LogP contribution in [-0.4, -0.2) is 33.2 Å². The summed E-state index contributed by atoms with van der Waals surface area (Å²) in [7, 11) is 0. The van der Waals surface area contributed by atoms with Crippen LogP contribution in [0, 0.1) is 5.41 Å². The van der Waals surface area contributed by atoms with E-state index >= 15 is 0 Å². The minimum Gasteiger partial charge on any atom is -0.508 e. The van der Waals surface area contributed by atoms with Gasteiger partial charge in [-0.15, -0.1) is 0 Å². The molecule has 6 nitrogen and oxygen atoms in total. The van der Waals surface area contributed by atoms with E-state index < -0.39 is 23.6 Å². The molecule has 1 aliphatic heterocycles. The highest BCUT2D eigenvalue weighted by atomic mass is 16.4. The van der Waals surface area contributed by atoms with Gasteiger partial charge in [0.15, 0.2) is 0 Å². The predicted octanol–water partition coefficient (Wildman–Crippen LogP) is 4.58. The van der Waals surface area contributed by atoms with E-state index in [1.807, 2.05) is 39.0 Å². The lowest BCUT2D eigenvalue weighted by Crippen LogP contribution is -2.57. The van der Waals surface area contributed by atoms with Crippen molar-refractivity contribution < 1.29 is 19.8 Å². The second kappa shape index (κ2) is 7.91. The number of amides is 2. The predicted molar refractivity (Wildman–Crippen MR) is 118 cm³/mol. The monoisotopic (exact) mass is 422 g/mol.